The summed E-state index contributed by atoms with van der Waals surface area (Å²) in [6, 6.07) is 13.9. The lowest BCUT2D eigenvalue weighted by atomic mass is 9.84. The molecule has 0 aromatic heterocycles. The fourth-order valence-electron chi connectivity index (χ4n) is 5.87. The van der Waals surface area contributed by atoms with E-state index in [-0.39, 0.29) is 38.6 Å². The topological polar surface area (TPSA) is 152 Å². The minimum absolute atomic E-state index is 0.124. The fraction of sp³-hybridized carbons (Fsp3) is 0.606. The van der Waals surface area contributed by atoms with E-state index < -0.39 is 29.5 Å². The van der Waals surface area contributed by atoms with Crippen molar-refractivity contribution in [2.24, 2.45) is 0 Å². The maximum Gasteiger partial charge on any atom is 0.407 e. The van der Waals surface area contributed by atoms with Crippen LogP contribution in [0.5, 0.6) is 5.75 Å². The van der Waals surface area contributed by atoms with Gasteiger partial charge >= 0.3 is 6.09 Å². The quantitative estimate of drug-likeness (QED) is 0.131. The summed E-state index contributed by atoms with van der Waals surface area (Å²) in [5, 5.41) is 19.9. The Kier molecular flexibility index (Phi) is 14.3. The number of methoxy groups -OCH3 is 2. The van der Waals surface area contributed by atoms with E-state index in [1.165, 1.54) is 4.90 Å². The van der Waals surface area contributed by atoms with Crippen molar-refractivity contribution >= 4 is 11.8 Å². The molecule has 2 aromatic rings. The van der Waals surface area contributed by atoms with Crippen molar-refractivity contribution in [3.8, 4) is 5.75 Å². The van der Waals surface area contributed by atoms with E-state index in [4.69, 9.17) is 28.4 Å². The summed E-state index contributed by atoms with van der Waals surface area (Å²) in [5.74, 6) is 0.507. The van der Waals surface area contributed by atoms with Gasteiger partial charge in [0.2, 0.25) is 0 Å². The smallest absolute Gasteiger partial charge is 0.407 e. The highest BCUT2D eigenvalue weighted by Crippen LogP contribution is 2.36. The lowest BCUT2D eigenvalue weighted by molar-refractivity contribution is -0.767. The summed E-state index contributed by atoms with van der Waals surface area (Å²) in [6.45, 7) is 6.58. The van der Waals surface area contributed by atoms with Gasteiger partial charge in [0.15, 0.2) is 0 Å². The minimum atomic E-state index is -1.07. The minimum Gasteiger partial charge on any atom is -0.490 e. The average molecular weight is 662 g/mol. The first kappa shape index (κ1) is 36.2. The number of amides is 1. The molecular formula is C33H47N3O11. The van der Waals surface area contributed by atoms with Crippen molar-refractivity contribution in [3.05, 3.63) is 69.3 Å². The van der Waals surface area contributed by atoms with Gasteiger partial charge in [-0.1, -0.05) is 30.3 Å². The Hall–Kier alpha value is -3.69. The Morgan fingerprint density at radius 3 is 2.43 bits per heavy atom. The van der Waals surface area contributed by atoms with Crippen LogP contribution < -0.4 is 9.64 Å². The number of hydrogen-bond acceptors (Lipinski definition) is 11. The molecule has 4 atom stereocenters. The van der Waals surface area contributed by atoms with Gasteiger partial charge < -0.3 is 48.2 Å². The zero-order chi connectivity index (χ0) is 33.6. The van der Waals surface area contributed by atoms with Gasteiger partial charge in [-0.2, -0.15) is 0 Å². The largest absolute Gasteiger partial charge is 0.490 e. The molecule has 0 aliphatic carbocycles. The summed E-state index contributed by atoms with van der Waals surface area (Å²) in [7, 11) is 3.32. The normalized spacial score (nSPS) is 19.9. The highest BCUT2D eigenvalue weighted by atomic mass is 17.0. The number of nitrogens with zero attached hydrogens (tertiary/aromatic N) is 3. The van der Waals surface area contributed by atoms with E-state index in [9.17, 15) is 20.0 Å². The van der Waals surface area contributed by atoms with Crippen LogP contribution in [0.4, 0.5) is 10.5 Å². The van der Waals surface area contributed by atoms with Crippen LogP contribution in [0.25, 0.3) is 0 Å². The first-order valence-corrected chi connectivity index (χ1v) is 16.0. The van der Waals surface area contributed by atoms with Gasteiger partial charge in [-0.15, -0.1) is 10.1 Å². The summed E-state index contributed by atoms with van der Waals surface area (Å²) >= 11 is 0. The van der Waals surface area contributed by atoms with Gasteiger partial charge in [0.25, 0.3) is 5.09 Å². The zero-order valence-electron chi connectivity index (χ0n) is 27.4. The Labute approximate surface area is 275 Å². The molecule has 1 unspecified atom stereocenters. The van der Waals surface area contributed by atoms with E-state index in [1.54, 1.807) is 21.1 Å². The van der Waals surface area contributed by atoms with Gasteiger partial charge in [-0.3, -0.25) is 0 Å². The molecular weight excluding hydrogens is 614 g/mol. The van der Waals surface area contributed by atoms with Crippen molar-refractivity contribution in [3.63, 3.8) is 0 Å². The van der Waals surface area contributed by atoms with Gasteiger partial charge in [-0.25, -0.2) is 4.79 Å². The first-order valence-electron chi connectivity index (χ1n) is 16.0. The second kappa shape index (κ2) is 18.6. The van der Waals surface area contributed by atoms with Gasteiger partial charge in [0.1, 0.15) is 18.5 Å². The molecule has 4 rings (SSSR count). The molecule has 2 aliphatic heterocycles. The standard InChI is InChI=1S/C33H47N3O11/c1-24(47-36(39)40)11-15-44-30-20-35(33(37)38)21-31(32(30)27-8-5-25(6-9-27)22-43-18-17-42-3)46-23-26-7-10-29-28(19-26)34(13-16-45-29)12-4-14-41-2/h5-10,19,24,30-32H,4,11-18,20-23H2,1-3H3,(H,37,38)/t24?,30-,31+,32+/m1/s1. The average Bonchev–Trinajstić information content (AvgIpc) is 3.05. The Balaban J connectivity index is 1.54. The Bertz CT molecular complexity index is 1260. The molecule has 47 heavy (non-hydrogen) atoms. The lowest BCUT2D eigenvalue weighted by Crippen LogP contribution is -2.54. The number of carboxylic acid groups (broad SMARTS) is 1. The molecule has 1 saturated heterocycles. The molecule has 2 aliphatic rings. The number of benzene rings is 2. The maximum atomic E-state index is 12.2. The monoisotopic (exact) mass is 661 g/mol. The molecule has 1 fully saturated rings. The van der Waals surface area contributed by atoms with E-state index in [1.807, 2.05) is 36.4 Å². The van der Waals surface area contributed by atoms with Crippen LogP contribution in [0.2, 0.25) is 0 Å². The van der Waals surface area contributed by atoms with Crippen molar-refractivity contribution in [2.75, 3.05) is 78.3 Å². The van der Waals surface area contributed by atoms with Crippen LogP contribution in [-0.4, -0.2) is 113 Å². The van der Waals surface area contributed by atoms with Crippen LogP contribution in [0.3, 0.4) is 0 Å². The number of likely N-dealkylation sites (tertiary alicyclic amines) is 1. The van der Waals surface area contributed by atoms with Gasteiger partial charge in [-0.05, 0) is 48.6 Å². The summed E-state index contributed by atoms with van der Waals surface area (Å²) in [5.41, 5.74) is 3.85. The van der Waals surface area contributed by atoms with Gasteiger partial charge in [0, 0.05) is 39.9 Å². The highest BCUT2D eigenvalue weighted by molar-refractivity contribution is 5.65. The van der Waals surface area contributed by atoms with Crippen LogP contribution in [0.1, 0.15) is 42.4 Å². The van der Waals surface area contributed by atoms with Crippen LogP contribution >= 0.6 is 0 Å². The van der Waals surface area contributed by atoms with Crippen LogP contribution in [0, 0.1) is 10.1 Å². The SMILES string of the molecule is COCCCN1CCOc2ccc(CO[C@H]3CN(C(=O)O)C[C@@H](OCCC(C)O[N+](=O)[O-])[C@@H]3c3ccc(COCCOC)cc3)cc21. The number of fused-ring (bicyclic) bond motifs is 1. The summed E-state index contributed by atoms with van der Waals surface area (Å²) in [6.07, 6.45) is -1.69. The highest BCUT2D eigenvalue weighted by Gasteiger charge is 2.41. The Morgan fingerprint density at radius 2 is 1.72 bits per heavy atom. The number of hydrogen-bond donors (Lipinski definition) is 1. The lowest BCUT2D eigenvalue weighted by Gasteiger charge is -2.42. The van der Waals surface area contributed by atoms with E-state index in [2.05, 4.69) is 15.8 Å². The second-order valence-electron chi connectivity index (χ2n) is 11.7. The molecule has 0 saturated carbocycles. The third-order valence-electron chi connectivity index (χ3n) is 8.28. The van der Waals surface area contributed by atoms with Crippen molar-refractivity contribution < 1.29 is 48.2 Å². The molecule has 0 spiro atoms. The van der Waals surface area contributed by atoms with E-state index in [0.29, 0.717) is 33.0 Å². The first-order chi connectivity index (χ1) is 22.8. The van der Waals surface area contributed by atoms with E-state index in [0.717, 1.165) is 47.6 Å². The number of piperidine rings is 1. The van der Waals surface area contributed by atoms with Crippen LogP contribution in [0.15, 0.2) is 42.5 Å². The second-order valence-corrected chi connectivity index (χ2v) is 11.7. The molecule has 1 amide bonds. The molecule has 0 bridgehead atoms. The molecule has 2 aromatic carbocycles. The number of ether oxygens (including phenoxy) is 6. The third kappa shape index (κ3) is 10.9. The molecule has 260 valence electrons. The predicted octanol–water partition coefficient (Wildman–Crippen LogP) is 4.12. The molecule has 2 heterocycles. The molecule has 14 heteroatoms. The van der Waals surface area contributed by atoms with Gasteiger partial charge in [0.05, 0.1) is 64.0 Å². The maximum absolute atomic E-state index is 12.2. The molecule has 1 N–H and O–H groups in total. The number of rotatable bonds is 19. The van der Waals surface area contributed by atoms with Crippen LogP contribution in [-0.2, 0) is 41.7 Å². The number of anilines is 1. The fourth-order valence-corrected chi connectivity index (χ4v) is 5.87. The van der Waals surface area contributed by atoms with Crippen molar-refractivity contribution in [1.29, 1.82) is 0 Å². The molecule has 14 nitrogen and oxygen atoms in total. The number of carbonyl (C=O) groups is 1. The Morgan fingerprint density at radius 1 is 1.00 bits per heavy atom. The van der Waals surface area contributed by atoms with Crippen molar-refractivity contribution in [2.45, 2.75) is 57.2 Å². The summed E-state index contributed by atoms with van der Waals surface area (Å²) < 4.78 is 34.7. The molecule has 0 radical (unpaired) electrons. The van der Waals surface area contributed by atoms with E-state index >= 15 is 0 Å². The third-order valence-corrected chi connectivity index (χ3v) is 8.28. The summed E-state index contributed by atoms with van der Waals surface area (Å²) in [4.78, 5) is 31.2. The zero-order valence-corrected chi connectivity index (χ0v) is 27.4. The van der Waals surface area contributed by atoms with Crippen molar-refractivity contribution in [1.82, 2.24) is 4.90 Å². The predicted molar refractivity (Wildman–Crippen MR) is 171 cm³/mol.